The fourth-order valence-electron chi connectivity index (χ4n) is 3.83. The second-order valence-electron chi connectivity index (χ2n) is 7.80. The number of nitrogens with one attached hydrogen (secondary N) is 1. The van der Waals surface area contributed by atoms with Crippen LogP contribution in [0.15, 0.2) is 48.7 Å². The molecule has 4 nitrogen and oxygen atoms in total. The van der Waals surface area contributed by atoms with Crippen LogP contribution in [0.1, 0.15) is 37.4 Å². The monoisotopic (exact) mass is 383 g/mol. The first-order valence-electron chi connectivity index (χ1n) is 10.2. The third-order valence-corrected chi connectivity index (χ3v) is 5.64. The predicted octanol–water partition coefficient (Wildman–Crippen LogP) is 3.82. The van der Waals surface area contributed by atoms with Crippen LogP contribution in [-0.2, 0) is 17.8 Å². The average molecular weight is 384 g/mol. The number of halogens is 1. The van der Waals surface area contributed by atoms with Gasteiger partial charge >= 0.3 is 0 Å². The number of nitrogens with zero attached hydrogens (tertiary/aromatic N) is 2. The molecule has 0 saturated carbocycles. The highest BCUT2D eigenvalue weighted by Gasteiger charge is 2.24. The molecule has 0 bridgehead atoms. The smallest absolute Gasteiger partial charge is 0.223 e. The van der Waals surface area contributed by atoms with Crippen molar-refractivity contribution in [2.24, 2.45) is 11.8 Å². The van der Waals surface area contributed by atoms with Crippen LogP contribution >= 0.6 is 0 Å². The van der Waals surface area contributed by atoms with Gasteiger partial charge in [-0.3, -0.25) is 9.78 Å². The second-order valence-corrected chi connectivity index (χ2v) is 7.80. The van der Waals surface area contributed by atoms with Gasteiger partial charge in [0.1, 0.15) is 5.82 Å². The lowest BCUT2D eigenvalue weighted by Gasteiger charge is -2.30. The Balaban J connectivity index is 1.64. The number of pyridine rings is 1. The van der Waals surface area contributed by atoms with Crippen molar-refractivity contribution in [3.63, 3.8) is 0 Å². The SMILES string of the molecule is CC(CC(=O)N(CCc1ccccn1)Cc1ccc(F)cc1)C1CCCNC1. The fourth-order valence-corrected chi connectivity index (χ4v) is 3.83. The molecule has 1 aliphatic heterocycles. The van der Waals surface area contributed by atoms with E-state index in [4.69, 9.17) is 0 Å². The molecule has 1 aromatic carbocycles. The molecule has 28 heavy (non-hydrogen) atoms. The first kappa shape index (κ1) is 20.5. The zero-order chi connectivity index (χ0) is 19.8. The van der Waals surface area contributed by atoms with Gasteiger partial charge in [0.05, 0.1) is 0 Å². The number of carbonyl (C=O) groups excluding carboxylic acids is 1. The van der Waals surface area contributed by atoms with E-state index >= 15 is 0 Å². The molecule has 150 valence electrons. The molecule has 2 unspecified atom stereocenters. The zero-order valence-corrected chi connectivity index (χ0v) is 16.6. The lowest BCUT2D eigenvalue weighted by Crippen LogP contribution is -2.37. The minimum atomic E-state index is -0.256. The third-order valence-electron chi connectivity index (χ3n) is 5.64. The molecule has 2 aromatic rings. The first-order valence-corrected chi connectivity index (χ1v) is 10.2. The normalized spacial score (nSPS) is 17.9. The Morgan fingerprint density at radius 1 is 1.29 bits per heavy atom. The largest absolute Gasteiger partial charge is 0.338 e. The molecule has 2 heterocycles. The highest BCUT2D eigenvalue weighted by molar-refractivity contribution is 5.76. The highest BCUT2D eigenvalue weighted by Crippen LogP contribution is 2.23. The van der Waals surface area contributed by atoms with Crippen molar-refractivity contribution in [2.45, 2.75) is 39.2 Å². The molecule has 1 fully saturated rings. The zero-order valence-electron chi connectivity index (χ0n) is 16.6. The Kier molecular flexibility index (Phi) is 7.54. The van der Waals surface area contributed by atoms with Gasteiger partial charge in [-0.25, -0.2) is 4.39 Å². The molecule has 0 spiro atoms. The number of piperidine rings is 1. The van der Waals surface area contributed by atoms with Crippen molar-refractivity contribution < 1.29 is 9.18 Å². The van der Waals surface area contributed by atoms with Gasteiger partial charge < -0.3 is 10.2 Å². The van der Waals surface area contributed by atoms with E-state index in [-0.39, 0.29) is 11.7 Å². The quantitative estimate of drug-likeness (QED) is 0.754. The summed E-state index contributed by atoms with van der Waals surface area (Å²) in [5, 5.41) is 3.44. The van der Waals surface area contributed by atoms with Crippen molar-refractivity contribution in [2.75, 3.05) is 19.6 Å². The van der Waals surface area contributed by atoms with Gasteiger partial charge in [-0.15, -0.1) is 0 Å². The highest BCUT2D eigenvalue weighted by atomic mass is 19.1. The van der Waals surface area contributed by atoms with Gasteiger partial charge in [0, 0.05) is 37.8 Å². The Labute approximate surface area is 167 Å². The van der Waals surface area contributed by atoms with Crippen molar-refractivity contribution in [1.29, 1.82) is 0 Å². The minimum absolute atomic E-state index is 0.165. The summed E-state index contributed by atoms with van der Waals surface area (Å²) in [4.78, 5) is 19.4. The Bertz CT molecular complexity index is 729. The molecule has 1 amide bonds. The molecule has 2 atom stereocenters. The molecule has 1 N–H and O–H groups in total. The van der Waals surface area contributed by atoms with Gasteiger partial charge in [0.2, 0.25) is 5.91 Å². The molecule has 0 aliphatic carbocycles. The summed E-state index contributed by atoms with van der Waals surface area (Å²) < 4.78 is 13.2. The van der Waals surface area contributed by atoms with Crippen molar-refractivity contribution in [3.8, 4) is 0 Å². The van der Waals surface area contributed by atoms with Crippen LogP contribution < -0.4 is 5.32 Å². The summed E-state index contributed by atoms with van der Waals surface area (Å²) in [7, 11) is 0. The maximum Gasteiger partial charge on any atom is 0.223 e. The predicted molar refractivity (Wildman–Crippen MR) is 109 cm³/mol. The van der Waals surface area contributed by atoms with E-state index in [2.05, 4.69) is 17.2 Å². The Morgan fingerprint density at radius 3 is 2.79 bits per heavy atom. The summed E-state index contributed by atoms with van der Waals surface area (Å²) in [6.07, 6.45) is 5.41. The minimum Gasteiger partial charge on any atom is -0.338 e. The molecule has 1 aromatic heterocycles. The Morgan fingerprint density at radius 2 is 2.11 bits per heavy atom. The van der Waals surface area contributed by atoms with E-state index in [0.29, 0.717) is 37.8 Å². The Hall–Kier alpha value is -2.27. The third kappa shape index (κ3) is 6.13. The first-order chi connectivity index (χ1) is 13.6. The summed E-state index contributed by atoms with van der Waals surface area (Å²) in [5.41, 5.74) is 1.92. The van der Waals surface area contributed by atoms with Gasteiger partial charge in [-0.1, -0.05) is 25.1 Å². The van der Waals surface area contributed by atoms with Crippen LogP contribution in [0.5, 0.6) is 0 Å². The van der Waals surface area contributed by atoms with E-state index in [1.807, 2.05) is 23.1 Å². The van der Waals surface area contributed by atoms with Crippen molar-refractivity contribution in [3.05, 3.63) is 65.7 Å². The summed E-state index contributed by atoms with van der Waals surface area (Å²) in [5.74, 6) is 0.818. The number of amides is 1. The lowest BCUT2D eigenvalue weighted by molar-refractivity contribution is -0.133. The van der Waals surface area contributed by atoms with Crippen LogP contribution in [0.25, 0.3) is 0 Å². The molecule has 5 heteroatoms. The summed E-state index contributed by atoms with van der Waals surface area (Å²) in [6.45, 7) is 5.38. The van der Waals surface area contributed by atoms with E-state index in [1.165, 1.54) is 25.0 Å². The van der Waals surface area contributed by atoms with E-state index in [1.54, 1.807) is 18.3 Å². The van der Waals surface area contributed by atoms with Crippen molar-refractivity contribution in [1.82, 2.24) is 15.2 Å². The second kappa shape index (κ2) is 10.3. The fraction of sp³-hybridized carbons (Fsp3) is 0.478. The maximum absolute atomic E-state index is 13.2. The lowest BCUT2D eigenvalue weighted by atomic mass is 9.85. The molecular weight excluding hydrogens is 353 g/mol. The van der Waals surface area contributed by atoms with Gasteiger partial charge in [-0.05, 0) is 67.6 Å². The van der Waals surface area contributed by atoms with E-state index in [9.17, 15) is 9.18 Å². The van der Waals surface area contributed by atoms with Crippen LogP contribution in [0, 0.1) is 17.7 Å². The van der Waals surface area contributed by atoms with Gasteiger partial charge in [-0.2, -0.15) is 0 Å². The molecule has 0 radical (unpaired) electrons. The van der Waals surface area contributed by atoms with Crippen LogP contribution in [-0.4, -0.2) is 35.4 Å². The number of rotatable bonds is 8. The number of carbonyl (C=O) groups is 1. The average Bonchev–Trinajstić information content (AvgIpc) is 2.73. The number of benzene rings is 1. The van der Waals surface area contributed by atoms with Crippen molar-refractivity contribution >= 4 is 5.91 Å². The molecule has 1 saturated heterocycles. The molecule has 1 aliphatic rings. The summed E-state index contributed by atoms with van der Waals surface area (Å²) >= 11 is 0. The van der Waals surface area contributed by atoms with Crippen LogP contribution in [0.2, 0.25) is 0 Å². The topological polar surface area (TPSA) is 45.2 Å². The number of aromatic nitrogens is 1. The summed E-state index contributed by atoms with van der Waals surface area (Å²) in [6, 6.07) is 12.3. The molecule has 3 rings (SSSR count). The maximum atomic E-state index is 13.2. The van der Waals surface area contributed by atoms with E-state index < -0.39 is 0 Å². The van der Waals surface area contributed by atoms with E-state index in [0.717, 1.165) is 24.3 Å². The van der Waals surface area contributed by atoms with Gasteiger partial charge in [0.15, 0.2) is 0 Å². The number of hydrogen-bond donors (Lipinski definition) is 1. The van der Waals surface area contributed by atoms with Gasteiger partial charge in [0.25, 0.3) is 0 Å². The molecular formula is C23H30FN3O. The number of hydrogen-bond acceptors (Lipinski definition) is 3. The van der Waals surface area contributed by atoms with Crippen LogP contribution in [0.3, 0.4) is 0 Å². The van der Waals surface area contributed by atoms with Crippen LogP contribution in [0.4, 0.5) is 4.39 Å². The standard InChI is InChI=1S/C23H30FN3O/c1-18(20-5-4-12-25-16-20)15-23(28)27(14-11-22-6-2-3-13-26-22)17-19-7-9-21(24)10-8-19/h2-3,6-10,13,18,20,25H,4-5,11-12,14-17H2,1H3.